The standard InChI is InChI=1S/C18H24FNO2/c19-15-7-4-6-14(13-15)5-2-1-3-8-17(21)11-9-16-10-12-18(22)20-16/h4,6-7,13,16H,1-3,5,8-12H2,(H,20,22). The van der Waals surface area contributed by atoms with Gasteiger partial charge in [0.05, 0.1) is 0 Å². The van der Waals surface area contributed by atoms with E-state index in [1.807, 2.05) is 6.07 Å². The summed E-state index contributed by atoms with van der Waals surface area (Å²) in [5.41, 5.74) is 1.02. The van der Waals surface area contributed by atoms with Crippen molar-refractivity contribution in [1.82, 2.24) is 5.32 Å². The van der Waals surface area contributed by atoms with Gasteiger partial charge >= 0.3 is 0 Å². The highest BCUT2D eigenvalue weighted by atomic mass is 19.1. The fourth-order valence-electron chi connectivity index (χ4n) is 2.87. The maximum Gasteiger partial charge on any atom is 0.220 e. The van der Waals surface area contributed by atoms with E-state index in [2.05, 4.69) is 5.32 Å². The van der Waals surface area contributed by atoms with Crippen molar-refractivity contribution in [2.75, 3.05) is 0 Å². The highest BCUT2D eigenvalue weighted by molar-refractivity contribution is 5.80. The van der Waals surface area contributed by atoms with Gasteiger partial charge in [0, 0.05) is 25.3 Å². The molecule has 1 aromatic carbocycles. The molecule has 4 heteroatoms. The molecular formula is C18H24FNO2. The molecule has 1 aliphatic heterocycles. The van der Waals surface area contributed by atoms with Gasteiger partial charge in [0.2, 0.25) is 5.91 Å². The van der Waals surface area contributed by atoms with Crippen molar-refractivity contribution in [2.45, 2.75) is 63.8 Å². The van der Waals surface area contributed by atoms with Crippen molar-refractivity contribution >= 4 is 11.7 Å². The van der Waals surface area contributed by atoms with Gasteiger partial charge in [-0.1, -0.05) is 18.6 Å². The molecule has 3 nitrogen and oxygen atoms in total. The normalized spacial score (nSPS) is 17.5. The second-order valence-electron chi connectivity index (χ2n) is 6.07. The average molecular weight is 305 g/mol. The number of hydrogen-bond donors (Lipinski definition) is 1. The third kappa shape index (κ3) is 5.96. The van der Waals surface area contributed by atoms with Crippen LogP contribution in [0.1, 0.15) is 56.9 Å². The van der Waals surface area contributed by atoms with E-state index >= 15 is 0 Å². The molecule has 120 valence electrons. The summed E-state index contributed by atoms with van der Waals surface area (Å²) < 4.78 is 13.0. The Hall–Kier alpha value is -1.71. The summed E-state index contributed by atoms with van der Waals surface area (Å²) in [4.78, 5) is 22.9. The highest BCUT2D eigenvalue weighted by Crippen LogP contribution is 2.14. The SMILES string of the molecule is O=C(CCCCCc1cccc(F)c1)CCC1CCC(=O)N1. The maximum absolute atomic E-state index is 13.0. The zero-order valence-electron chi connectivity index (χ0n) is 12.9. The summed E-state index contributed by atoms with van der Waals surface area (Å²) in [6.07, 6.45) is 7.13. The van der Waals surface area contributed by atoms with Gasteiger partial charge in [-0.05, 0) is 49.8 Å². The first kappa shape index (κ1) is 16.7. The highest BCUT2D eigenvalue weighted by Gasteiger charge is 2.20. The van der Waals surface area contributed by atoms with E-state index in [0.717, 1.165) is 44.1 Å². The van der Waals surface area contributed by atoms with E-state index in [0.29, 0.717) is 19.3 Å². The number of rotatable bonds is 9. The third-order valence-electron chi connectivity index (χ3n) is 4.17. The van der Waals surface area contributed by atoms with Crippen LogP contribution in [-0.4, -0.2) is 17.7 Å². The molecule has 1 aromatic rings. The zero-order chi connectivity index (χ0) is 15.8. The monoisotopic (exact) mass is 305 g/mol. The minimum Gasteiger partial charge on any atom is -0.353 e. The Morgan fingerprint density at radius 1 is 1.23 bits per heavy atom. The zero-order valence-corrected chi connectivity index (χ0v) is 12.9. The lowest BCUT2D eigenvalue weighted by Gasteiger charge is -2.08. The van der Waals surface area contributed by atoms with Crippen LogP contribution in [0.2, 0.25) is 0 Å². The number of Topliss-reactive ketones (excluding diaryl/α,β-unsaturated/α-hetero) is 1. The molecule has 1 amide bonds. The second kappa shape index (κ2) is 8.66. The Bertz CT molecular complexity index is 516. The van der Waals surface area contributed by atoms with E-state index in [-0.39, 0.29) is 23.5 Å². The smallest absolute Gasteiger partial charge is 0.220 e. The van der Waals surface area contributed by atoms with Crippen LogP contribution in [-0.2, 0) is 16.0 Å². The maximum atomic E-state index is 13.0. The van der Waals surface area contributed by atoms with Gasteiger partial charge in [-0.2, -0.15) is 0 Å². The minimum absolute atomic E-state index is 0.106. The number of ketones is 1. The topological polar surface area (TPSA) is 46.2 Å². The summed E-state index contributed by atoms with van der Waals surface area (Å²) in [5, 5.41) is 2.89. The number of aryl methyl sites for hydroxylation is 1. The summed E-state index contributed by atoms with van der Waals surface area (Å²) >= 11 is 0. The van der Waals surface area contributed by atoms with Crippen LogP contribution in [0, 0.1) is 5.82 Å². The second-order valence-corrected chi connectivity index (χ2v) is 6.07. The minimum atomic E-state index is -0.188. The van der Waals surface area contributed by atoms with Gasteiger partial charge in [-0.3, -0.25) is 9.59 Å². The van der Waals surface area contributed by atoms with Gasteiger partial charge < -0.3 is 5.32 Å². The molecule has 1 saturated heterocycles. The summed E-state index contributed by atoms with van der Waals surface area (Å²) in [5.74, 6) is 0.202. The van der Waals surface area contributed by atoms with Gasteiger partial charge in [0.25, 0.3) is 0 Å². The molecule has 1 fully saturated rings. The van der Waals surface area contributed by atoms with Crippen LogP contribution >= 0.6 is 0 Å². The molecule has 0 radical (unpaired) electrons. The van der Waals surface area contributed by atoms with Gasteiger partial charge in [-0.15, -0.1) is 0 Å². The molecule has 2 rings (SSSR count). The van der Waals surface area contributed by atoms with E-state index in [9.17, 15) is 14.0 Å². The number of amides is 1. The van der Waals surface area contributed by atoms with Crippen molar-refractivity contribution in [1.29, 1.82) is 0 Å². The third-order valence-corrected chi connectivity index (χ3v) is 4.17. The fourth-order valence-corrected chi connectivity index (χ4v) is 2.87. The predicted molar refractivity (Wildman–Crippen MR) is 84.0 cm³/mol. The van der Waals surface area contributed by atoms with Crippen molar-refractivity contribution < 1.29 is 14.0 Å². The molecule has 1 heterocycles. The summed E-state index contributed by atoms with van der Waals surface area (Å²) in [6, 6.07) is 6.89. The van der Waals surface area contributed by atoms with Gasteiger partial charge in [-0.25, -0.2) is 4.39 Å². The summed E-state index contributed by atoms with van der Waals surface area (Å²) in [7, 11) is 0. The lowest BCUT2D eigenvalue weighted by atomic mass is 10.0. The Labute approximate surface area is 131 Å². The molecule has 0 bridgehead atoms. The van der Waals surface area contributed by atoms with Crippen molar-refractivity contribution in [3.8, 4) is 0 Å². The molecule has 22 heavy (non-hydrogen) atoms. The average Bonchev–Trinajstić information content (AvgIpc) is 2.90. The largest absolute Gasteiger partial charge is 0.353 e. The van der Waals surface area contributed by atoms with Crippen LogP contribution in [0.25, 0.3) is 0 Å². The van der Waals surface area contributed by atoms with Crippen molar-refractivity contribution in [3.05, 3.63) is 35.6 Å². The predicted octanol–water partition coefficient (Wildman–Crippen LogP) is 3.56. The number of halogens is 1. The molecule has 0 saturated carbocycles. The molecule has 1 N–H and O–H groups in total. The first-order valence-corrected chi connectivity index (χ1v) is 8.19. The molecule has 0 spiro atoms. The summed E-state index contributed by atoms with van der Waals surface area (Å²) in [6.45, 7) is 0. The van der Waals surface area contributed by atoms with E-state index in [4.69, 9.17) is 0 Å². The number of hydrogen-bond acceptors (Lipinski definition) is 2. The van der Waals surface area contributed by atoms with Crippen LogP contribution in [0.4, 0.5) is 4.39 Å². The Morgan fingerprint density at radius 3 is 2.82 bits per heavy atom. The molecule has 1 unspecified atom stereocenters. The number of benzene rings is 1. The van der Waals surface area contributed by atoms with Gasteiger partial charge in [0.1, 0.15) is 11.6 Å². The van der Waals surface area contributed by atoms with Crippen LogP contribution in [0.5, 0.6) is 0 Å². The number of unbranched alkanes of at least 4 members (excludes halogenated alkanes) is 2. The van der Waals surface area contributed by atoms with E-state index < -0.39 is 0 Å². The first-order valence-electron chi connectivity index (χ1n) is 8.19. The lowest BCUT2D eigenvalue weighted by molar-refractivity contribution is -0.121. The molecule has 1 atom stereocenters. The number of carbonyl (C=O) groups excluding carboxylic acids is 2. The van der Waals surface area contributed by atoms with E-state index in [1.54, 1.807) is 12.1 Å². The molecular weight excluding hydrogens is 281 g/mol. The molecule has 1 aliphatic rings. The van der Waals surface area contributed by atoms with Crippen LogP contribution < -0.4 is 5.32 Å². The molecule has 0 aromatic heterocycles. The Morgan fingerprint density at radius 2 is 2.09 bits per heavy atom. The first-order chi connectivity index (χ1) is 10.6. The van der Waals surface area contributed by atoms with E-state index in [1.165, 1.54) is 6.07 Å². The van der Waals surface area contributed by atoms with Crippen molar-refractivity contribution in [2.24, 2.45) is 0 Å². The fraction of sp³-hybridized carbons (Fsp3) is 0.556. The van der Waals surface area contributed by atoms with Crippen molar-refractivity contribution in [3.63, 3.8) is 0 Å². The molecule has 0 aliphatic carbocycles. The lowest BCUT2D eigenvalue weighted by Crippen LogP contribution is -2.25. The number of nitrogens with one attached hydrogen (secondary N) is 1. The Kier molecular flexibility index (Phi) is 6.56. The Balaban J connectivity index is 1.51. The van der Waals surface area contributed by atoms with Crippen LogP contribution in [0.15, 0.2) is 24.3 Å². The quantitative estimate of drug-likeness (QED) is 0.709. The van der Waals surface area contributed by atoms with Crippen LogP contribution in [0.3, 0.4) is 0 Å². The number of carbonyl (C=O) groups is 2. The van der Waals surface area contributed by atoms with Gasteiger partial charge in [0.15, 0.2) is 0 Å².